The zero-order valence-corrected chi connectivity index (χ0v) is 30.9. The van der Waals surface area contributed by atoms with Crippen LogP contribution in [0.1, 0.15) is 73.9 Å². The number of alkyl halides is 8. The molecule has 8 heterocycles. The molecular formula is C38H42F8N8O3. The van der Waals surface area contributed by atoms with Gasteiger partial charge in [-0.25, -0.2) is 27.5 Å². The van der Waals surface area contributed by atoms with Crippen LogP contribution in [0.5, 0.6) is 0 Å². The molecule has 0 aromatic carbocycles. The van der Waals surface area contributed by atoms with Gasteiger partial charge in [0.2, 0.25) is 11.9 Å². The summed E-state index contributed by atoms with van der Waals surface area (Å²) in [5, 5.41) is 0. The van der Waals surface area contributed by atoms with Crippen molar-refractivity contribution in [1.82, 2.24) is 19.9 Å². The molecule has 8 atom stereocenters. The highest BCUT2D eigenvalue weighted by Crippen LogP contribution is 2.53. The Morgan fingerprint density at radius 2 is 1.02 bits per heavy atom. The lowest BCUT2D eigenvalue weighted by molar-refractivity contribution is -0.164. The molecule has 6 aliphatic heterocycles. The average Bonchev–Trinajstić information content (AvgIpc) is 3.61. The third-order valence-corrected chi connectivity index (χ3v) is 14.3. The van der Waals surface area contributed by atoms with Crippen LogP contribution >= 0.6 is 0 Å². The summed E-state index contributed by atoms with van der Waals surface area (Å²) in [5.41, 5.74) is -0.113. The Hall–Kier alpha value is -4.06. The van der Waals surface area contributed by atoms with E-state index >= 15 is 0 Å². The van der Waals surface area contributed by atoms with Gasteiger partial charge in [-0.1, -0.05) is 0 Å². The molecule has 2 saturated carbocycles. The molecule has 11 nitrogen and oxygen atoms in total. The van der Waals surface area contributed by atoms with E-state index in [0.717, 1.165) is 12.8 Å². The number of nitrogens with zero attached hydrogens (tertiary/aromatic N) is 8. The van der Waals surface area contributed by atoms with E-state index in [1.165, 1.54) is 9.80 Å². The third-order valence-electron chi connectivity index (χ3n) is 14.3. The molecule has 0 radical (unpaired) electrons. The Labute approximate surface area is 322 Å². The number of aromatic nitrogens is 4. The highest BCUT2D eigenvalue weighted by atomic mass is 19.3. The summed E-state index contributed by atoms with van der Waals surface area (Å²) < 4.78 is 119. The predicted molar refractivity (Wildman–Crippen MR) is 187 cm³/mol. The Balaban J connectivity index is 0.753. The summed E-state index contributed by atoms with van der Waals surface area (Å²) in [7, 11) is 0. The summed E-state index contributed by atoms with van der Waals surface area (Å²) in [5.74, 6) is -7.13. The van der Waals surface area contributed by atoms with Crippen LogP contribution in [0, 0.1) is 35.5 Å². The minimum Gasteiger partial charge on any atom is -0.393 e. The molecule has 0 amide bonds. The fourth-order valence-electron chi connectivity index (χ4n) is 11.0. The van der Waals surface area contributed by atoms with Crippen molar-refractivity contribution in [2.24, 2.45) is 35.5 Å². The third kappa shape index (κ3) is 6.08. The summed E-state index contributed by atoms with van der Waals surface area (Å²) in [6, 6.07) is -2.23. The van der Waals surface area contributed by atoms with Crippen LogP contribution in [0.15, 0.2) is 0 Å². The van der Waals surface area contributed by atoms with Crippen LogP contribution in [0.25, 0.3) is 0 Å². The summed E-state index contributed by atoms with van der Waals surface area (Å²) in [4.78, 5) is 49.9. The maximum absolute atomic E-state index is 14.9. The van der Waals surface area contributed by atoms with Gasteiger partial charge in [0.1, 0.15) is 23.0 Å². The number of piperidine rings is 4. The number of anilines is 4. The molecule has 308 valence electrons. The minimum atomic E-state index is -3.18. The molecule has 2 aromatic heterocycles. The highest BCUT2D eigenvalue weighted by molar-refractivity contribution is 5.86. The van der Waals surface area contributed by atoms with Gasteiger partial charge >= 0.3 is 11.9 Å². The van der Waals surface area contributed by atoms with Crippen LogP contribution in [0.2, 0.25) is 0 Å². The molecule has 2 unspecified atom stereocenters. The van der Waals surface area contributed by atoms with Crippen LogP contribution < -0.4 is 19.6 Å². The van der Waals surface area contributed by atoms with Crippen molar-refractivity contribution in [2.45, 2.75) is 101 Å². The van der Waals surface area contributed by atoms with Gasteiger partial charge in [-0.05, 0) is 74.0 Å². The Morgan fingerprint density at radius 3 is 1.35 bits per heavy atom. The molecule has 57 heavy (non-hydrogen) atoms. The van der Waals surface area contributed by atoms with Gasteiger partial charge < -0.3 is 24.3 Å². The fourth-order valence-corrected chi connectivity index (χ4v) is 11.0. The van der Waals surface area contributed by atoms with Gasteiger partial charge in [-0.15, -0.1) is 0 Å². The molecule has 4 aliphatic carbocycles. The molecule has 2 aromatic rings. The van der Waals surface area contributed by atoms with E-state index in [0.29, 0.717) is 48.9 Å². The van der Waals surface area contributed by atoms with Crippen molar-refractivity contribution < 1.29 is 49.4 Å². The SMILES string of the molecule is O=C(CC1[C@@H]2C[C@H]1CN(c1nc(N3CC[C@@H]3C(F)F)nc3c1CCC3(F)F)C2)OC(=O)CC1[C@@H]2C[C@H]1CN(c1nc(N3CC[C@H]3C(F)F)nc3c1CCC3(F)F)C2. The fraction of sp³-hybridized carbons (Fsp3) is 0.737. The summed E-state index contributed by atoms with van der Waals surface area (Å²) in [6.45, 7) is 2.28. The van der Waals surface area contributed by atoms with Crippen molar-refractivity contribution in [2.75, 3.05) is 58.9 Å². The number of hydrogen-bond donors (Lipinski definition) is 0. The van der Waals surface area contributed by atoms with Crippen molar-refractivity contribution in [3.63, 3.8) is 0 Å². The van der Waals surface area contributed by atoms with Crippen LogP contribution in [0.3, 0.4) is 0 Å². The molecular weight excluding hydrogens is 768 g/mol. The monoisotopic (exact) mass is 810 g/mol. The zero-order chi connectivity index (χ0) is 39.7. The topological polar surface area (TPSA) is 108 Å². The molecule has 19 heteroatoms. The number of fused-ring (bicyclic) bond motifs is 6. The standard InChI is InChI=1S/C38H42F8N8O3/c39-31(40)25-3-7-53(25)35-47-29-21(1-5-37(29,43)44)33(49-35)51-13-17-9-18(14-51)23(17)11-27(55)57-28(56)12-24-19-10-20(24)16-52(15-19)34-22-2-6-38(45,46)30(22)48-36(50-34)54-8-4-26(54)32(41)42/h17-20,23-26,31-32H,1-16H2/t17-,18+,19-,20+,23?,24?,25-,26+. The van der Waals surface area contributed by atoms with E-state index in [1.807, 2.05) is 9.80 Å². The molecule has 12 rings (SSSR count). The van der Waals surface area contributed by atoms with Gasteiger partial charge in [0.25, 0.3) is 24.7 Å². The number of carbonyl (C=O) groups excluding carboxylic acids is 2. The normalized spacial score (nSPS) is 32.7. The lowest BCUT2D eigenvalue weighted by atomic mass is 9.60. The van der Waals surface area contributed by atoms with Gasteiger partial charge in [0, 0.05) is 76.1 Å². The maximum atomic E-state index is 14.9. The molecule has 8 fully saturated rings. The number of esters is 2. The van der Waals surface area contributed by atoms with E-state index in [-0.39, 0.29) is 99.0 Å². The van der Waals surface area contributed by atoms with Gasteiger partial charge in [-0.2, -0.15) is 27.5 Å². The average molecular weight is 811 g/mol. The Bertz CT molecular complexity index is 1830. The van der Waals surface area contributed by atoms with E-state index in [4.69, 9.17) is 4.74 Å². The lowest BCUT2D eigenvalue weighted by Gasteiger charge is -2.54. The quantitative estimate of drug-likeness (QED) is 0.167. The van der Waals surface area contributed by atoms with Crippen molar-refractivity contribution in [3.05, 3.63) is 22.5 Å². The molecule has 6 saturated heterocycles. The number of halogens is 8. The summed E-state index contributed by atoms with van der Waals surface area (Å²) in [6.07, 6.45) is -3.84. The zero-order valence-electron chi connectivity index (χ0n) is 30.9. The maximum Gasteiger partial charge on any atom is 0.313 e. The number of ether oxygens (including phenoxy) is 1. The summed E-state index contributed by atoms with van der Waals surface area (Å²) >= 11 is 0. The van der Waals surface area contributed by atoms with E-state index in [2.05, 4.69) is 19.9 Å². The first-order chi connectivity index (χ1) is 27.1. The number of hydrogen-bond acceptors (Lipinski definition) is 11. The van der Waals surface area contributed by atoms with Gasteiger partial charge in [0.15, 0.2) is 0 Å². The Morgan fingerprint density at radius 1 is 0.632 bits per heavy atom. The first-order valence-corrected chi connectivity index (χ1v) is 20.1. The van der Waals surface area contributed by atoms with Crippen molar-refractivity contribution in [1.29, 1.82) is 0 Å². The predicted octanol–water partition coefficient (Wildman–Crippen LogP) is 5.73. The Kier molecular flexibility index (Phi) is 8.64. The molecule has 0 N–H and O–H groups in total. The molecule has 4 bridgehead atoms. The van der Waals surface area contributed by atoms with Gasteiger partial charge in [-0.3, -0.25) is 9.59 Å². The van der Waals surface area contributed by atoms with Crippen LogP contribution in [-0.2, 0) is 39.0 Å². The first kappa shape index (κ1) is 37.2. The molecule has 0 spiro atoms. The highest BCUT2D eigenvalue weighted by Gasteiger charge is 2.53. The van der Waals surface area contributed by atoms with Crippen molar-refractivity contribution in [3.8, 4) is 0 Å². The number of rotatable bonds is 10. The second-order valence-electron chi connectivity index (χ2n) is 17.4. The number of carbonyl (C=O) groups is 2. The van der Waals surface area contributed by atoms with Gasteiger partial charge in [0.05, 0.1) is 12.1 Å². The first-order valence-electron chi connectivity index (χ1n) is 20.1. The smallest absolute Gasteiger partial charge is 0.313 e. The van der Waals surface area contributed by atoms with E-state index < -0.39 is 72.9 Å². The minimum absolute atomic E-state index is 0.0308. The molecule has 10 aliphatic rings. The second kappa shape index (κ2) is 13.2. The lowest BCUT2D eigenvalue weighted by Crippen LogP contribution is -2.57. The van der Waals surface area contributed by atoms with Crippen molar-refractivity contribution >= 4 is 35.5 Å². The second-order valence-corrected chi connectivity index (χ2v) is 17.4. The largest absolute Gasteiger partial charge is 0.393 e. The van der Waals surface area contributed by atoms with E-state index in [9.17, 15) is 44.7 Å². The van der Waals surface area contributed by atoms with Crippen LogP contribution in [0.4, 0.5) is 58.7 Å². The van der Waals surface area contributed by atoms with Crippen LogP contribution in [-0.4, -0.2) is 96.1 Å². The van der Waals surface area contributed by atoms with E-state index in [1.54, 1.807) is 0 Å².